The molecule has 0 saturated heterocycles. The van der Waals surface area contributed by atoms with Gasteiger partial charge in [-0.1, -0.05) is 0 Å². The number of aryl methyl sites for hydroxylation is 1. The zero-order valence-electron chi connectivity index (χ0n) is 8.64. The van der Waals surface area contributed by atoms with Crippen LogP contribution in [0.25, 0.3) is 0 Å². The molecule has 0 amide bonds. The van der Waals surface area contributed by atoms with Crippen LogP contribution in [0.3, 0.4) is 0 Å². The van der Waals surface area contributed by atoms with Crippen LogP contribution >= 0.6 is 12.2 Å². The second kappa shape index (κ2) is 5.38. The van der Waals surface area contributed by atoms with Crippen molar-refractivity contribution in [3.8, 4) is 5.75 Å². The number of rotatable bonds is 3. The molecule has 5 N–H and O–H groups in total. The average molecular weight is 240 g/mol. The van der Waals surface area contributed by atoms with Crippen LogP contribution in [-0.2, 0) is 6.61 Å². The predicted molar refractivity (Wildman–Crippen MR) is 64.1 cm³/mol. The lowest BCUT2D eigenvalue weighted by molar-refractivity contribution is 0.280. The number of hydrazone groups is 1. The zero-order valence-corrected chi connectivity index (χ0v) is 9.45. The maximum Gasteiger partial charge on any atom is 0.184 e. The minimum absolute atomic E-state index is 0.0204. The van der Waals surface area contributed by atoms with Crippen molar-refractivity contribution in [3.05, 3.63) is 23.0 Å². The lowest BCUT2D eigenvalue weighted by atomic mass is 10.1. The Bertz CT molecular complexity index is 434. The maximum absolute atomic E-state index is 9.72. The molecule has 86 valence electrons. The van der Waals surface area contributed by atoms with Crippen molar-refractivity contribution in [2.24, 2.45) is 10.8 Å². The van der Waals surface area contributed by atoms with Crippen LogP contribution in [0.1, 0.15) is 16.8 Å². The summed E-state index contributed by atoms with van der Waals surface area (Å²) >= 11 is 4.56. The van der Waals surface area contributed by atoms with Gasteiger partial charge < -0.3 is 15.9 Å². The van der Waals surface area contributed by atoms with E-state index in [-0.39, 0.29) is 17.5 Å². The number of aromatic nitrogens is 1. The molecule has 1 rings (SSSR count). The summed E-state index contributed by atoms with van der Waals surface area (Å²) in [5, 5.41) is 22.5. The number of aromatic hydroxyl groups is 1. The summed E-state index contributed by atoms with van der Waals surface area (Å²) < 4.78 is 0. The van der Waals surface area contributed by atoms with E-state index in [1.165, 1.54) is 12.4 Å². The van der Waals surface area contributed by atoms with Crippen molar-refractivity contribution < 1.29 is 10.2 Å². The number of aliphatic hydroxyl groups is 1. The van der Waals surface area contributed by atoms with Gasteiger partial charge in [0.05, 0.1) is 18.5 Å². The Labute approximate surface area is 97.8 Å². The van der Waals surface area contributed by atoms with Crippen molar-refractivity contribution in [2.45, 2.75) is 13.5 Å². The number of hydrogen-bond donors (Lipinski definition) is 4. The number of aliphatic hydroxyl groups excluding tert-OH is 1. The number of thiocarbonyl (C=S) groups is 1. The van der Waals surface area contributed by atoms with E-state index in [0.717, 1.165) is 0 Å². The molecule has 0 fully saturated rings. The van der Waals surface area contributed by atoms with Gasteiger partial charge >= 0.3 is 0 Å². The van der Waals surface area contributed by atoms with Crippen molar-refractivity contribution in [3.63, 3.8) is 0 Å². The van der Waals surface area contributed by atoms with Gasteiger partial charge in [0.1, 0.15) is 5.75 Å². The summed E-state index contributed by atoms with van der Waals surface area (Å²) in [7, 11) is 0. The van der Waals surface area contributed by atoms with Crippen LogP contribution in [-0.4, -0.2) is 26.5 Å². The first kappa shape index (κ1) is 12.3. The third-order valence-electron chi connectivity index (χ3n) is 1.90. The molecule has 0 aliphatic heterocycles. The third-order valence-corrected chi connectivity index (χ3v) is 1.99. The van der Waals surface area contributed by atoms with Gasteiger partial charge in [-0.05, 0) is 19.1 Å². The first-order chi connectivity index (χ1) is 7.56. The number of nitrogens with two attached hydrogens (primary N) is 1. The van der Waals surface area contributed by atoms with Gasteiger partial charge in [-0.25, -0.2) is 0 Å². The van der Waals surface area contributed by atoms with E-state index < -0.39 is 0 Å². The molecule has 0 spiro atoms. The van der Waals surface area contributed by atoms with E-state index in [4.69, 9.17) is 10.8 Å². The molecule has 0 saturated carbocycles. The molecule has 1 aromatic rings. The molecular formula is C9H12N4O2S. The summed E-state index contributed by atoms with van der Waals surface area (Å²) in [5.41, 5.74) is 8.84. The smallest absolute Gasteiger partial charge is 0.184 e. The standard InChI is InChI=1S/C9H12N4O2S/c1-5-8(15)7(3-12-13-9(10)16)6(4-14)2-11-5/h2-3,14-15H,4H2,1H3,(H3,10,13,16)/b12-3+. The zero-order chi connectivity index (χ0) is 12.1. The number of nitrogens with zero attached hydrogens (tertiary/aromatic N) is 2. The highest BCUT2D eigenvalue weighted by atomic mass is 32.1. The molecule has 0 aliphatic rings. The van der Waals surface area contributed by atoms with Gasteiger partial charge in [0.25, 0.3) is 0 Å². The molecule has 0 radical (unpaired) electrons. The van der Waals surface area contributed by atoms with Gasteiger partial charge in [0.2, 0.25) is 0 Å². The Kier molecular flexibility index (Phi) is 4.15. The van der Waals surface area contributed by atoms with Crippen molar-refractivity contribution in [2.75, 3.05) is 0 Å². The summed E-state index contributed by atoms with van der Waals surface area (Å²) in [5.74, 6) is -0.0277. The second-order valence-electron chi connectivity index (χ2n) is 3.02. The third kappa shape index (κ3) is 2.88. The topological polar surface area (TPSA) is 104 Å². The van der Waals surface area contributed by atoms with Crippen LogP contribution < -0.4 is 11.2 Å². The first-order valence-corrected chi connectivity index (χ1v) is 4.84. The summed E-state index contributed by atoms with van der Waals surface area (Å²) in [6.07, 6.45) is 2.80. The van der Waals surface area contributed by atoms with E-state index >= 15 is 0 Å². The summed E-state index contributed by atoms with van der Waals surface area (Å²) in [4.78, 5) is 3.91. The van der Waals surface area contributed by atoms with E-state index in [1.54, 1.807) is 6.92 Å². The lowest BCUT2D eigenvalue weighted by Crippen LogP contribution is -2.24. The minimum atomic E-state index is -0.241. The maximum atomic E-state index is 9.72. The van der Waals surface area contributed by atoms with Gasteiger partial charge in [-0.3, -0.25) is 10.4 Å². The molecule has 1 aromatic heterocycles. The fourth-order valence-electron chi connectivity index (χ4n) is 1.08. The second-order valence-corrected chi connectivity index (χ2v) is 3.46. The van der Waals surface area contributed by atoms with E-state index in [9.17, 15) is 5.11 Å². The van der Waals surface area contributed by atoms with Gasteiger partial charge in [0, 0.05) is 17.3 Å². The van der Waals surface area contributed by atoms with Gasteiger partial charge in [-0.15, -0.1) is 0 Å². The van der Waals surface area contributed by atoms with Crippen LogP contribution in [0.4, 0.5) is 0 Å². The Hall–Kier alpha value is -1.73. The highest BCUT2D eigenvalue weighted by molar-refractivity contribution is 7.80. The van der Waals surface area contributed by atoms with Crippen molar-refractivity contribution >= 4 is 23.5 Å². The number of pyridine rings is 1. The summed E-state index contributed by atoms with van der Waals surface area (Å²) in [6.45, 7) is 1.41. The highest BCUT2D eigenvalue weighted by Crippen LogP contribution is 2.21. The number of nitrogens with one attached hydrogen (secondary N) is 1. The fraction of sp³-hybridized carbons (Fsp3) is 0.222. The molecule has 7 heteroatoms. The Morgan fingerprint density at radius 1 is 1.75 bits per heavy atom. The fourth-order valence-corrected chi connectivity index (χ4v) is 1.14. The van der Waals surface area contributed by atoms with E-state index in [2.05, 4.69) is 27.7 Å². The van der Waals surface area contributed by atoms with Crippen molar-refractivity contribution in [1.82, 2.24) is 10.4 Å². The van der Waals surface area contributed by atoms with Crippen LogP contribution in [0.15, 0.2) is 11.3 Å². The van der Waals surface area contributed by atoms with Gasteiger partial charge in [0.15, 0.2) is 5.11 Å². The molecule has 16 heavy (non-hydrogen) atoms. The quantitative estimate of drug-likeness (QED) is 0.330. The summed E-state index contributed by atoms with van der Waals surface area (Å²) in [6, 6.07) is 0. The van der Waals surface area contributed by atoms with E-state index in [0.29, 0.717) is 16.8 Å². The predicted octanol–water partition coefficient (Wildman–Crippen LogP) is -0.245. The molecule has 1 heterocycles. The lowest BCUT2D eigenvalue weighted by Gasteiger charge is -2.06. The average Bonchev–Trinajstić information content (AvgIpc) is 2.24. The van der Waals surface area contributed by atoms with Crippen LogP contribution in [0.2, 0.25) is 0 Å². The van der Waals surface area contributed by atoms with Crippen LogP contribution in [0.5, 0.6) is 5.75 Å². The Balaban J connectivity index is 3.05. The van der Waals surface area contributed by atoms with Crippen LogP contribution in [0, 0.1) is 6.92 Å². The largest absolute Gasteiger partial charge is 0.505 e. The normalized spacial score (nSPS) is 10.6. The minimum Gasteiger partial charge on any atom is -0.505 e. The molecule has 0 aromatic carbocycles. The molecule has 6 nitrogen and oxygen atoms in total. The number of hydrogen-bond acceptors (Lipinski definition) is 5. The molecule has 0 atom stereocenters. The monoisotopic (exact) mass is 240 g/mol. The molecule has 0 bridgehead atoms. The Morgan fingerprint density at radius 3 is 3.00 bits per heavy atom. The molecular weight excluding hydrogens is 228 g/mol. The Morgan fingerprint density at radius 2 is 2.44 bits per heavy atom. The van der Waals surface area contributed by atoms with E-state index in [1.807, 2.05) is 0 Å². The first-order valence-electron chi connectivity index (χ1n) is 4.43. The van der Waals surface area contributed by atoms with Crippen molar-refractivity contribution in [1.29, 1.82) is 0 Å². The SMILES string of the molecule is Cc1ncc(CO)c(/C=N/NC(N)=S)c1O. The highest BCUT2D eigenvalue weighted by Gasteiger charge is 2.08. The molecule has 0 unspecified atom stereocenters. The van der Waals surface area contributed by atoms with Gasteiger partial charge in [-0.2, -0.15) is 5.10 Å². The molecule has 0 aliphatic carbocycles.